The lowest BCUT2D eigenvalue weighted by Gasteiger charge is -2.34. The molecule has 0 atom stereocenters. The summed E-state index contributed by atoms with van der Waals surface area (Å²) in [5.74, 6) is 3.45. The van der Waals surface area contributed by atoms with E-state index >= 15 is 0 Å². The monoisotopic (exact) mass is 260 g/mol. The first kappa shape index (κ1) is 14.4. The number of piperidine rings is 1. The molecule has 2 heterocycles. The summed E-state index contributed by atoms with van der Waals surface area (Å²) in [6.45, 7) is 13.6. The summed E-state index contributed by atoms with van der Waals surface area (Å²) < 4.78 is 0. The van der Waals surface area contributed by atoms with Crippen LogP contribution in [0.3, 0.4) is 0 Å². The molecule has 0 N–H and O–H groups in total. The predicted octanol–water partition coefficient (Wildman–Crippen LogP) is 4.39. The molecule has 0 aromatic carbocycles. The molecular formula is C17H28N2. The Balaban J connectivity index is 2.06. The minimum Gasteiger partial charge on any atom is -0.357 e. The first-order valence-electron chi connectivity index (χ1n) is 7.71. The van der Waals surface area contributed by atoms with Crippen molar-refractivity contribution in [1.29, 1.82) is 0 Å². The van der Waals surface area contributed by atoms with Crippen LogP contribution >= 0.6 is 0 Å². The summed E-state index contributed by atoms with van der Waals surface area (Å²) in [6.07, 6.45) is 2.62. The summed E-state index contributed by atoms with van der Waals surface area (Å²) in [6, 6.07) is 4.47. The molecule has 106 valence electrons. The summed E-state index contributed by atoms with van der Waals surface area (Å²) in [4.78, 5) is 7.27. The Morgan fingerprint density at radius 1 is 1.11 bits per heavy atom. The predicted molar refractivity (Wildman–Crippen MR) is 82.8 cm³/mol. The zero-order chi connectivity index (χ0) is 14.0. The summed E-state index contributed by atoms with van der Waals surface area (Å²) in [5, 5.41) is 0. The maximum absolute atomic E-state index is 4.81. The van der Waals surface area contributed by atoms with Gasteiger partial charge in [0.15, 0.2) is 0 Å². The Labute approximate surface area is 118 Å². The lowest BCUT2D eigenvalue weighted by molar-refractivity contribution is 0.310. The maximum Gasteiger partial charge on any atom is 0.128 e. The van der Waals surface area contributed by atoms with Crippen molar-refractivity contribution in [2.24, 2.45) is 11.8 Å². The van der Waals surface area contributed by atoms with Crippen molar-refractivity contribution >= 4 is 5.82 Å². The molecule has 1 aliphatic rings. The number of aromatic nitrogens is 1. The van der Waals surface area contributed by atoms with Crippen molar-refractivity contribution < 1.29 is 0 Å². The molecule has 0 unspecified atom stereocenters. The summed E-state index contributed by atoms with van der Waals surface area (Å²) in [5.41, 5.74) is 2.57. The van der Waals surface area contributed by atoms with Gasteiger partial charge in [-0.1, -0.05) is 33.8 Å². The number of hydrogen-bond acceptors (Lipinski definition) is 2. The fraction of sp³-hybridized carbons (Fsp3) is 0.706. The van der Waals surface area contributed by atoms with Crippen molar-refractivity contribution in [3.63, 3.8) is 0 Å². The van der Waals surface area contributed by atoms with Crippen LogP contribution in [0.4, 0.5) is 5.82 Å². The Kier molecular flexibility index (Phi) is 4.49. The van der Waals surface area contributed by atoms with Gasteiger partial charge >= 0.3 is 0 Å². The van der Waals surface area contributed by atoms with Crippen LogP contribution in [0.1, 0.15) is 57.7 Å². The van der Waals surface area contributed by atoms with Gasteiger partial charge in [-0.3, -0.25) is 0 Å². The second-order valence-corrected chi connectivity index (χ2v) is 6.57. The van der Waals surface area contributed by atoms with E-state index in [0.717, 1.165) is 24.9 Å². The molecule has 1 aromatic rings. The van der Waals surface area contributed by atoms with Crippen LogP contribution < -0.4 is 4.90 Å². The molecule has 0 amide bonds. The van der Waals surface area contributed by atoms with Crippen LogP contribution in [0.5, 0.6) is 0 Å². The average molecular weight is 260 g/mol. The van der Waals surface area contributed by atoms with Crippen LogP contribution in [0.2, 0.25) is 0 Å². The number of rotatable bonds is 3. The highest BCUT2D eigenvalue weighted by Gasteiger charge is 2.22. The third kappa shape index (κ3) is 3.29. The standard InChI is InChI=1S/C17H28N2/c1-12(2)15-8-10-19(11-9-15)17-7-6-16(13(3)4)14(5)18-17/h6-7,12-13,15H,8-11H2,1-5H3. The van der Waals surface area contributed by atoms with Gasteiger partial charge in [0.2, 0.25) is 0 Å². The highest BCUT2D eigenvalue weighted by Crippen LogP contribution is 2.28. The zero-order valence-corrected chi connectivity index (χ0v) is 13.1. The van der Waals surface area contributed by atoms with Gasteiger partial charge in [-0.05, 0) is 49.1 Å². The fourth-order valence-electron chi connectivity index (χ4n) is 3.14. The number of hydrogen-bond donors (Lipinski definition) is 0. The van der Waals surface area contributed by atoms with Crippen molar-refractivity contribution in [2.75, 3.05) is 18.0 Å². The first-order valence-corrected chi connectivity index (χ1v) is 7.71. The Bertz CT molecular complexity index is 415. The van der Waals surface area contributed by atoms with Crippen molar-refractivity contribution in [3.05, 3.63) is 23.4 Å². The van der Waals surface area contributed by atoms with Gasteiger partial charge in [0.25, 0.3) is 0 Å². The smallest absolute Gasteiger partial charge is 0.128 e. The highest BCUT2D eigenvalue weighted by molar-refractivity contribution is 5.42. The van der Waals surface area contributed by atoms with E-state index in [-0.39, 0.29) is 0 Å². The van der Waals surface area contributed by atoms with Gasteiger partial charge in [-0.2, -0.15) is 0 Å². The molecule has 2 heteroatoms. The fourth-order valence-corrected chi connectivity index (χ4v) is 3.14. The maximum atomic E-state index is 4.81. The molecule has 1 aromatic heterocycles. The SMILES string of the molecule is Cc1nc(N2CCC(C(C)C)CC2)ccc1C(C)C. The van der Waals surface area contributed by atoms with Crippen molar-refractivity contribution in [1.82, 2.24) is 4.98 Å². The van der Waals surface area contributed by atoms with Crippen LogP contribution in [0, 0.1) is 18.8 Å². The lowest BCUT2D eigenvalue weighted by Crippen LogP contribution is -2.35. The Hall–Kier alpha value is -1.05. The Morgan fingerprint density at radius 3 is 2.21 bits per heavy atom. The lowest BCUT2D eigenvalue weighted by atomic mass is 9.87. The molecule has 0 bridgehead atoms. The summed E-state index contributed by atoms with van der Waals surface area (Å²) in [7, 11) is 0. The summed E-state index contributed by atoms with van der Waals surface area (Å²) >= 11 is 0. The van der Waals surface area contributed by atoms with Crippen LogP contribution in [-0.2, 0) is 0 Å². The van der Waals surface area contributed by atoms with E-state index in [1.54, 1.807) is 0 Å². The van der Waals surface area contributed by atoms with Gasteiger partial charge in [0, 0.05) is 18.8 Å². The second-order valence-electron chi connectivity index (χ2n) is 6.57. The van der Waals surface area contributed by atoms with Gasteiger partial charge in [-0.15, -0.1) is 0 Å². The van der Waals surface area contributed by atoms with Gasteiger partial charge in [-0.25, -0.2) is 4.98 Å². The molecule has 1 saturated heterocycles. The first-order chi connectivity index (χ1) is 8.99. The molecule has 2 rings (SSSR count). The van der Waals surface area contributed by atoms with Gasteiger partial charge in [0.05, 0.1) is 0 Å². The molecule has 2 nitrogen and oxygen atoms in total. The van der Waals surface area contributed by atoms with E-state index in [2.05, 4.69) is 51.7 Å². The van der Waals surface area contributed by atoms with Gasteiger partial charge in [0.1, 0.15) is 5.82 Å². The van der Waals surface area contributed by atoms with E-state index in [9.17, 15) is 0 Å². The van der Waals surface area contributed by atoms with Crippen molar-refractivity contribution in [3.8, 4) is 0 Å². The third-order valence-electron chi connectivity index (χ3n) is 4.54. The molecular weight excluding hydrogens is 232 g/mol. The van der Waals surface area contributed by atoms with E-state index in [1.807, 2.05) is 0 Å². The molecule has 19 heavy (non-hydrogen) atoms. The molecule has 0 spiro atoms. The normalized spacial score (nSPS) is 17.5. The van der Waals surface area contributed by atoms with E-state index in [1.165, 1.54) is 29.9 Å². The molecule has 1 aliphatic heterocycles. The molecule has 0 aliphatic carbocycles. The third-order valence-corrected chi connectivity index (χ3v) is 4.54. The minimum absolute atomic E-state index is 0.563. The van der Waals surface area contributed by atoms with Crippen LogP contribution in [0.25, 0.3) is 0 Å². The zero-order valence-electron chi connectivity index (χ0n) is 13.1. The van der Waals surface area contributed by atoms with Crippen LogP contribution in [-0.4, -0.2) is 18.1 Å². The second kappa shape index (κ2) is 5.94. The molecule has 0 saturated carbocycles. The van der Waals surface area contributed by atoms with Crippen molar-refractivity contribution in [2.45, 2.75) is 53.4 Å². The number of aryl methyl sites for hydroxylation is 1. The average Bonchev–Trinajstić information content (AvgIpc) is 2.38. The highest BCUT2D eigenvalue weighted by atomic mass is 15.2. The minimum atomic E-state index is 0.563. The van der Waals surface area contributed by atoms with Gasteiger partial charge < -0.3 is 4.90 Å². The largest absolute Gasteiger partial charge is 0.357 e. The van der Waals surface area contributed by atoms with Crippen LogP contribution in [0.15, 0.2) is 12.1 Å². The number of anilines is 1. The number of nitrogens with zero attached hydrogens (tertiary/aromatic N) is 2. The van der Waals surface area contributed by atoms with E-state index in [4.69, 9.17) is 4.98 Å². The molecule has 0 radical (unpaired) electrons. The van der Waals surface area contributed by atoms with E-state index < -0.39 is 0 Å². The van der Waals surface area contributed by atoms with E-state index in [0.29, 0.717) is 5.92 Å². The Morgan fingerprint density at radius 2 is 1.74 bits per heavy atom. The topological polar surface area (TPSA) is 16.1 Å². The number of pyridine rings is 1. The molecule has 1 fully saturated rings. The quantitative estimate of drug-likeness (QED) is 0.801.